The molecule has 1 aliphatic heterocycles. The van der Waals surface area contributed by atoms with Crippen molar-refractivity contribution >= 4 is 0 Å². The molecule has 0 bridgehead atoms. The van der Waals surface area contributed by atoms with E-state index < -0.39 is 5.60 Å². The molecular formula is C22H29NO. The Labute approximate surface area is 145 Å². The summed E-state index contributed by atoms with van der Waals surface area (Å²) in [7, 11) is 0. The summed E-state index contributed by atoms with van der Waals surface area (Å²) in [6.45, 7) is 6.41. The number of aliphatic hydroxyl groups is 1. The predicted molar refractivity (Wildman–Crippen MR) is 99.7 cm³/mol. The van der Waals surface area contributed by atoms with Gasteiger partial charge < -0.3 is 10.4 Å². The highest BCUT2D eigenvalue weighted by Gasteiger charge is 2.49. The normalized spacial score (nSPS) is 33.3. The number of rotatable bonds is 4. The minimum atomic E-state index is -0.706. The van der Waals surface area contributed by atoms with Crippen molar-refractivity contribution in [1.29, 1.82) is 0 Å². The Morgan fingerprint density at radius 2 is 1.42 bits per heavy atom. The molecule has 1 fully saturated rings. The average Bonchev–Trinajstić information content (AvgIpc) is 2.61. The van der Waals surface area contributed by atoms with Crippen LogP contribution in [-0.4, -0.2) is 10.7 Å². The topological polar surface area (TPSA) is 32.3 Å². The van der Waals surface area contributed by atoms with Crippen LogP contribution in [-0.2, 0) is 0 Å². The van der Waals surface area contributed by atoms with Crippen LogP contribution in [0.5, 0.6) is 0 Å². The molecule has 1 saturated heterocycles. The van der Waals surface area contributed by atoms with Gasteiger partial charge in [0.05, 0.1) is 5.60 Å². The van der Waals surface area contributed by atoms with Gasteiger partial charge in [-0.15, -0.1) is 0 Å². The molecule has 0 amide bonds. The Hall–Kier alpha value is -1.64. The zero-order chi connectivity index (χ0) is 17.2. The molecule has 2 N–H and O–H groups in total. The van der Waals surface area contributed by atoms with Crippen LogP contribution >= 0.6 is 0 Å². The van der Waals surface area contributed by atoms with E-state index in [0.717, 1.165) is 12.8 Å². The highest BCUT2D eigenvalue weighted by Crippen LogP contribution is 2.48. The van der Waals surface area contributed by atoms with Crippen molar-refractivity contribution < 1.29 is 5.11 Å². The third-order valence-corrected chi connectivity index (χ3v) is 5.85. The van der Waals surface area contributed by atoms with Crippen LogP contribution in [0.2, 0.25) is 0 Å². The molecule has 0 aromatic heterocycles. The molecule has 0 spiro atoms. The fraction of sp³-hybridized carbons (Fsp3) is 0.455. The van der Waals surface area contributed by atoms with Gasteiger partial charge in [0.2, 0.25) is 0 Å². The third kappa shape index (κ3) is 3.13. The molecule has 1 aliphatic rings. The third-order valence-electron chi connectivity index (χ3n) is 5.85. The van der Waals surface area contributed by atoms with Crippen molar-refractivity contribution in [3.8, 4) is 0 Å². The molecule has 24 heavy (non-hydrogen) atoms. The van der Waals surface area contributed by atoms with Gasteiger partial charge in [0.25, 0.3) is 0 Å². The van der Waals surface area contributed by atoms with E-state index in [2.05, 4.69) is 73.8 Å². The highest BCUT2D eigenvalue weighted by molar-refractivity contribution is 5.27. The smallest absolute Gasteiger partial charge is 0.0709 e. The summed E-state index contributed by atoms with van der Waals surface area (Å²) in [5.74, 6) is 0.358. The Kier molecular flexibility index (Phi) is 5.07. The molecule has 2 aromatic carbocycles. The van der Waals surface area contributed by atoms with Gasteiger partial charge in [0.1, 0.15) is 0 Å². The van der Waals surface area contributed by atoms with Crippen LogP contribution in [0.3, 0.4) is 0 Å². The van der Waals surface area contributed by atoms with Gasteiger partial charge in [-0.05, 0) is 24.5 Å². The number of hydrogen-bond donors (Lipinski definition) is 2. The van der Waals surface area contributed by atoms with Crippen molar-refractivity contribution in [2.75, 3.05) is 0 Å². The zero-order valence-corrected chi connectivity index (χ0v) is 14.9. The quantitative estimate of drug-likeness (QED) is 0.841. The van der Waals surface area contributed by atoms with Crippen molar-refractivity contribution in [3.63, 3.8) is 0 Å². The van der Waals surface area contributed by atoms with Gasteiger partial charge in [-0.3, -0.25) is 0 Å². The highest BCUT2D eigenvalue weighted by atomic mass is 16.3. The Balaban J connectivity index is 2.01. The summed E-state index contributed by atoms with van der Waals surface area (Å²) in [6, 6.07) is 21.4. The minimum Gasteiger partial charge on any atom is -0.389 e. The van der Waals surface area contributed by atoms with Crippen LogP contribution in [0.1, 0.15) is 56.8 Å². The maximum absolute atomic E-state index is 11.5. The lowest BCUT2D eigenvalue weighted by atomic mass is 9.65. The predicted octanol–water partition coefficient (Wildman–Crippen LogP) is 4.88. The van der Waals surface area contributed by atoms with Gasteiger partial charge in [-0.2, -0.15) is 0 Å². The molecule has 2 heteroatoms. The molecule has 2 aromatic rings. The first-order chi connectivity index (χ1) is 11.6. The molecule has 0 radical (unpaired) electrons. The Morgan fingerprint density at radius 1 is 0.917 bits per heavy atom. The molecule has 128 valence electrons. The fourth-order valence-corrected chi connectivity index (χ4v) is 4.27. The number of benzene rings is 2. The Bertz CT molecular complexity index is 638. The maximum Gasteiger partial charge on any atom is 0.0709 e. The number of nitrogens with one attached hydrogen (secondary N) is 1. The lowest BCUT2D eigenvalue weighted by Gasteiger charge is -2.52. The van der Waals surface area contributed by atoms with Crippen molar-refractivity contribution in [3.05, 3.63) is 71.8 Å². The van der Waals surface area contributed by atoms with Crippen molar-refractivity contribution in [2.24, 2.45) is 11.8 Å². The second-order valence-electron chi connectivity index (χ2n) is 7.35. The van der Waals surface area contributed by atoms with E-state index in [1.54, 1.807) is 0 Å². The van der Waals surface area contributed by atoms with Gasteiger partial charge in [0.15, 0.2) is 0 Å². The maximum atomic E-state index is 11.5. The van der Waals surface area contributed by atoms with E-state index in [1.165, 1.54) is 11.1 Å². The van der Waals surface area contributed by atoms with E-state index in [9.17, 15) is 5.11 Å². The standard InChI is InChI=1S/C22H29NO/c1-4-11-19-21(18-14-9-6-10-15-18)23-20(16(2)22(19,3)24)17-12-7-5-8-13-17/h5-10,12-16,19-21,23-24H,4,11H2,1-3H3/t16-,19-,20-,21+,22+/m0/s1. The summed E-state index contributed by atoms with van der Waals surface area (Å²) >= 11 is 0. The molecule has 3 rings (SSSR count). The first-order valence-corrected chi connectivity index (χ1v) is 9.14. The molecule has 5 atom stereocenters. The summed E-state index contributed by atoms with van der Waals surface area (Å²) < 4.78 is 0. The summed E-state index contributed by atoms with van der Waals surface area (Å²) in [4.78, 5) is 0. The van der Waals surface area contributed by atoms with Crippen molar-refractivity contribution in [1.82, 2.24) is 5.32 Å². The van der Waals surface area contributed by atoms with E-state index >= 15 is 0 Å². The van der Waals surface area contributed by atoms with Crippen molar-refractivity contribution in [2.45, 2.75) is 51.3 Å². The summed E-state index contributed by atoms with van der Waals surface area (Å²) in [5.41, 5.74) is 1.81. The molecule has 0 aliphatic carbocycles. The molecule has 0 unspecified atom stereocenters. The largest absolute Gasteiger partial charge is 0.389 e. The fourth-order valence-electron chi connectivity index (χ4n) is 4.27. The van der Waals surface area contributed by atoms with Gasteiger partial charge in [-0.1, -0.05) is 80.9 Å². The molecular weight excluding hydrogens is 294 g/mol. The molecule has 2 nitrogen and oxygen atoms in total. The SMILES string of the molecule is CCC[C@H]1[C@@H](c2ccccc2)N[C@H](c2ccccc2)[C@H](C)[C@@]1(C)O. The lowest BCUT2D eigenvalue weighted by molar-refractivity contribution is -0.105. The lowest BCUT2D eigenvalue weighted by Crippen LogP contribution is -2.56. The second kappa shape index (κ2) is 7.08. The average molecular weight is 323 g/mol. The van der Waals surface area contributed by atoms with E-state index in [4.69, 9.17) is 0 Å². The molecule has 1 heterocycles. The van der Waals surface area contributed by atoms with Crippen LogP contribution in [0.25, 0.3) is 0 Å². The van der Waals surface area contributed by atoms with Gasteiger partial charge in [-0.25, -0.2) is 0 Å². The summed E-state index contributed by atoms with van der Waals surface area (Å²) in [6.07, 6.45) is 2.10. The zero-order valence-electron chi connectivity index (χ0n) is 14.9. The van der Waals surface area contributed by atoms with Crippen LogP contribution < -0.4 is 5.32 Å². The monoisotopic (exact) mass is 323 g/mol. The number of piperidine rings is 1. The van der Waals surface area contributed by atoms with E-state index in [1.807, 2.05) is 13.0 Å². The first kappa shape index (κ1) is 17.2. The minimum absolute atomic E-state index is 0.149. The number of hydrogen-bond acceptors (Lipinski definition) is 2. The van der Waals surface area contributed by atoms with Gasteiger partial charge in [0, 0.05) is 23.9 Å². The Morgan fingerprint density at radius 3 is 1.92 bits per heavy atom. The van der Waals surface area contributed by atoms with E-state index in [0.29, 0.717) is 0 Å². The first-order valence-electron chi connectivity index (χ1n) is 9.14. The molecule has 0 saturated carbocycles. The van der Waals surface area contributed by atoms with Crippen LogP contribution in [0, 0.1) is 11.8 Å². The van der Waals surface area contributed by atoms with E-state index in [-0.39, 0.29) is 23.9 Å². The summed E-state index contributed by atoms with van der Waals surface area (Å²) in [5, 5.41) is 15.3. The van der Waals surface area contributed by atoms with Crippen LogP contribution in [0.15, 0.2) is 60.7 Å². The second-order valence-corrected chi connectivity index (χ2v) is 7.35. The van der Waals surface area contributed by atoms with Crippen LogP contribution in [0.4, 0.5) is 0 Å². The van der Waals surface area contributed by atoms with Gasteiger partial charge >= 0.3 is 0 Å².